The molecule has 0 bridgehead atoms. The van der Waals surface area contributed by atoms with Crippen molar-refractivity contribution in [1.82, 2.24) is 9.97 Å². The van der Waals surface area contributed by atoms with E-state index in [-0.39, 0.29) is 5.56 Å². The van der Waals surface area contributed by atoms with Crippen LogP contribution >= 0.6 is 34.7 Å². The molecule has 2 aromatic heterocycles. The predicted molar refractivity (Wildman–Crippen MR) is 135 cm³/mol. The van der Waals surface area contributed by atoms with Crippen molar-refractivity contribution in [3.63, 3.8) is 0 Å². The minimum atomic E-state index is -0.0309. The summed E-state index contributed by atoms with van der Waals surface area (Å²) in [5.74, 6) is 2.93. The number of nitrogens with zero attached hydrogens (tertiary/aromatic N) is 1. The van der Waals surface area contributed by atoms with Gasteiger partial charge in [-0.25, -0.2) is 4.98 Å². The first-order valence-electron chi connectivity index (χ1n) is 10.7. The Morgan fingerprint density at radius 3 is 2.75 bits per heavy atom. The number of thiophene rings is 1. The van der Waals surface area contributed by atoms with Gasteiger partial charge in [0.25, 0.3) is 5.56 Å². The van der Waals surface area contributed by atoms with Crippen molar-refractivity contribution < 1.29 is 4.74 Å². The molecule has 4 aromatic rings. The molecule has 1 N–H and O–H groups in total. The molecule has 0 amide bonds. The Kier molecular flexibility index (Phi) is 6.26. The highest BCUT2D eigenvalue weighted by molar-refractivity contribution is 7.99. The maximum absolute atomic E-state index is 12.8. The van der Waals surface area contributed by atoms with Gasteiger partial charge in [0.1, 0.15) is 16.4 Å². The van der Waals surface area contributed by atoms with Crippen LogP contribution in [0.4, 0.5) is 0 Å². The van der Waals surface area contributed by atoms with E-state index >= 15 is 0 Å². The number of ether oxygens (including phenoxy) is 1. The third kappa shape index (κ3) is 4.58. The minimum absolute atomic E-state index is 0.0309. The van der Waals surface area contributed by atoms with E-state index in [0.717, 1.165) is 51.6 Å². The quantitative estimate of drug-likeness (QED) is 0.248. The molecule has 32 heavy (non-hydrogen) atoms. The van der Waals surface area contributed by atoms with Gasteiger partial charge in [-0.2, -0.15) is 0 Å². The van der Waals surface area contributed by atoms with Crippen LogP contribution in [0.1, 0.15) is 23.8 Å². The first kappa shape index (κ1) is 21.6. The van der Waals surface area contributed by atoms with Crippen molar-refractivity contribution in [1.29, 1.82) is 0 Å². The number of thioether (sulfide) groups is 1. The number of aromatic amines is 1. The molecule has 1 unspecified atom stereocenters. The second-order valence-corrected chi connectivity index (χ2v) is 10.8. The first-order valence-corrected chi connectivity index (χ1v) is 12.9. The number of benzene rings is 2. The molecule has 1 aliphatic rings. The van der Waals surface area contributed by atoms with Crippen LogP contribution in [0.3, 0.4) is 0 Å². The molecule has 2 heterocycles. The van der Waals surface area contributed by atoms with Gasteiger partial charge in [-0.1, -0.05) is 18.5 Å². The molecule has 0 fully saturated rings. The number of rotatable bonds is 6. The van der Waals surface area contributed by atoms with E-state index in [4.69, 9.17) is 21.3 Å². The number of hydrogen-bond acceptors (Lipinski definition) is 5. The fraction of sp³-hybridized carbons (Fsp3) is 0.280. The van der Waals surface area contributed by atoms with Crippen LogP contribution in [-0.2, 0) is 12.8 Å². The fourth-order valence-corrected chi connectivity index (χ4v) is 6.28. The molecule has 2 aromatic carbocycles. The van der Waals surface area contributed by atoms with Gasteiger partial charge in [0, 0.05) is 26.1 Å². The molecule has 0 radical (unpaired) electrons. The Balaban J connectivity index is 1.26. The zero-order chi connectivity index (χ0) is 22.1. The smallest absolute Gasteiger partial charge is 0.260 e. The molecule has 0 saturated heterocycles. The summed E-state index contributed by atoms with van der Waals surface area (Å²) in [5, 5.41) is 1.53. The van der Waals surface area contributed by atoms with Gasteiger partial charge in [-0.15, -0.1) is 23.1 Å². The monoisotopic (exact) mass is 482 g/mol. The summed E-state index contributed by atoms with van der Waals surface area (Å²) in [5.41, 5.74) is 2.06. The van der Waals surface area contributed by atoms with Crippen molar-refractivity contribution in [2.75, 3.05) is 12.4 Å². The third-order valence-electron chi connectivity index (χ3n) is 5.73. The Labute approximate surface area is 200 Å². The normalized spacial score (nSPS) is 15.6. The van der Waals surface area contributed by atoms with E-state index in [1.807, 2.05) is 48.5 Å². The lowest BCUT2D eigenvalue weighted by molar-refractivity contribution is 0.344. The Morgan fingerprint density at radius 1 is 1.19 bits per heavy atom. The Hall–Kier alpha value is -2.28. The minimum Gasteiger partial charge on any atom is -0.493 e. The highest BCUT2D eigenvalue weighted by Gasteiger charge is 2.23. The summed E-state index contributed by atoms with van der Waals surface area (Å²) < 4.78 is 5.86. The lowest BCUT2D eigenvalue weighted by Gasteiger charge is -2.17. The second-order valence-electron chi connectivity index (χ2n) is 8.12. The number of fused-ring (bicyclic) bond motifs is 3. The molecule has 0 aliphatic heterocycles. The molecular formula is C25H23ClN2O2S2. The van der Waals surface area contributed by atoms with Gasteiger partial charge < -0.3 is 9.72 Å². The summed E-state index contributed by atoms with van der Waals surface area (Å²) in [4.78, 5) is 24.0. The van der Waals surface area contributed by atoms with Gasteiger partial charge in [-0.05, 0) is 79.3 Å². The Bertz CT molecular complexity index is 1300. The largest absolute Gasteiger partial charge is 0.493 e. The molecule has 0 saturated carbocycles. The highest BCUT2D eigenvalue weighted by Crippen LogP contribution is 2.36. The summed E-state index contributed by atoms with van der Waals surface area (Å²) in [7, 11) is 0. The van der Waals surface area contributed by atoms with Crippen molar-refractivity contribution in [2.24, 2.45) is 5.92 Å². The number of aromatic nitrogens is 2. The van der Waals surface area contributed by atoms with Gasteiger partial charge in [0.15, 0.2) is 0 Å². The molecule has 1 atom stereocenters. The van der Waals surface area contributed by atoms with E-state index in [0.29, 0.717) is 18.3 Å². The van der Waals surface area contributed by atoms with Crippen molar-refractivity contribution in [3.8, 4) is 17.1 Å². The summed E-state index contributed by atoms with van der Waals surface area (Å²) >= 11 is 9.33. The van der Waals surface area contributed by atoms with E-state index in [1.54, 1.807) is 23.1 Å². The number of H-pyrrole nitrogens is 1. The molecular weight excluding hydrogens is 460 g/mol. The zero-order valence-electron chi connectivity index (χ0n) is 17.7. The number of aryl methyl sites for hydroxylation is 1. The predicted octanol–water partition coefficient (Wildman–Crippen LogP) is 6.60. The zero-order valence-corrected chi connectivity index (χ0v) is 20.1. The summed E-state index contributed by atoms with van der Waals surface area (Å²) in [6.07, 6.45) is 3.16. The van der Waals surface area contributed by atoms with E-state index in [9.17, 15) is 4.79 Å². The summed E-state index contributed by atoms with van der Waals surface area (Å²) in [6.45, 7) is 2.88. The molecule has 0 spiro atoms. The number of halogens is 1. The molecule has 7 heteroatoms. The average molecular weight is 483 g/mol. The van der Waals surface area contributed by atoms with Crippen LogP contribution in [0.15, 0.2) is 58.2 Å². The number of hydrogen-bond donors (Lipinski definition) is 1. The van der Waals surface area contributed by atoms with E-state index in [2.05, 4.69) is 11.9 Å². The Morgan fingerprint density at radius 2 is 1.97 bits per heavy atom. The molecule has 1 aliphatic carbocycles. The van der Waals surface area contributed by atoms with Crippen LogP contribution in [0, 0.1) is 5.92 Å². The maximum Gasteiger partial charge on any atom is 0.260 e. The highest BCUT2D eigenvalue weighted by atomic mass is 35.5. The standard InChI is InChI=1S/C25H23ClN2O2S2/c1-15-2-11-20-21(14-15)32-25-22(20)24(29)27-23(28-25)16-3-7-18(8-4-16)30-12-13-31-19-9-5-17(26)6-10-19/h3-10,15H,2,11-14H2,1H3,(H,27,28,29). The lowest BCUT2D eigenvalue weighted by Crippen LogP contribution is -2.13. The van der Waals surface area contributed by atoms with Crippen molar-refractivity contribution in [2.45, 2.75) is 31.1 Å². The van der Waals surface area contributed by atoms with Gasteiger partial charge in [0.05, 0.1) is 12.0 Å². The van der Waals surface area contributed by atoms with Gasteiger partial charge >= 0.3 is 0 Å². The third-order valence-corrected chi connectivity index (χ3v) is 8.10. The van der Waals surface area contributed by atoms with Crippen LogP contribution < -0.4 is 10.3 Å². The lowest BCUT2D eigenvalue weighted by atomic mass is 9.89. The summed E-state index contributed by atoms with van der Waals surface area (Å²) in [6, 6.07) is 15.5. The van der Waals surface area contributed by atoms with E-state index in [1.165, 1.54) is 15.3 Å². The fourth-order valence-electron chi connectivity index (χ4n) is 4.04. The average Bonchev–Trinajstić information content (AvgIpc) is 3.16. The second kappa shape index (κ2) is 9.30. The van der Waals surface area contributed by atoms with Gasteiger partial charge in [0.2, 0.25) is 0 Å². The van der Waals surface area contributed by atoms with Crippen LogP contribution in [0.5, 0.6) is 5.75 Å². The maximum atomic E-state index is 12.8. The van der Waals surface area contributed by atoms with Crippen LogP contribution in [-0.4, -0.2) is 22.3 Å². The van der Waals surface area contributed by atoms with Crippen LogP contribution in [0.25, 0.3) is 21.6 Å². The van der Waals surface area contributed by atoms with E-state index < -0.39 is 0 Å². The topological polar surface area (TPSA) is 55.0 Å². The number of nitrogens with one attached hydrogen (secondary N) is 1. The molecule has 5 rings (SSSR count). The van der Waals surface area contributed by atoms with Crippen molar-refractivity contribution in [3.05, 3.63) is 74.3 Å². The van der Waals surface area contributed by atoms with Crippen molar-refractivity contribution >= 4 is 44.9 Å². The molecule has 164 valence electrons. The molecule has 4 nitrogen and oxygen atoms in total. The van der Waals surface area contributed by atoms with Gasteiger partial charge in [-0.3, -0.25) is 4.79 Å². The van der Waals surface area contributed by atoms with Crippen LogP contribution in [0.2, 0.25) is 5.02 Å². The SMILES string of the molecule is CC1CCc2c(sc3nc(-c4ccc(OCCSc5ccc(Cl)cc5)cc4)[nH]c(=O)c23)C1. The first-order chi connectivity index (χ1) is 15.6.